The van der Waals surface area contributed by atoms with Gasteiger partial charge in [0.05, 0.1) is 9.58 Å². The number of hydrogen-bond donors (Lipinski definition) is 0. The molecule has 3 aliphatic heterocycles. The van der Waals surface area contributed by atoms with Gasteiger partial charge < -0.3 is 4.90 Å². The van der Waals surface area contributed by atoms with E-state index in [0.29, 0.717) is 33.2 Å². The van der Waals surface area contributed by atoms with Crippen molar-refractivity contribution < 1.29 is 13.6 Å². The smallest absolute Gasteiger partial charge is 0.173 e. The Kier molecular flexibility index (Phi) is 3.50. The average Bonchev–Trinajstić information content (AvgIpc) is 2.93. The number of Topliss-reactive ketones (excluding diaryl/α,β-unsaturated/α-hetero) is 1. The molecule has 2 nitrogen and oxygen atoms in total. The van der Waals surface area contributed by atoms with Gasteiger partial charge in [0.15, 0.2) is 5.78 Å². The zero-order valence-electron chi connectivity index (χ0n) is 12.1. The maximum atomic E-state index is 13.8. The second-order valence-corrected chi connectivity index (χ2v) is 7.49. The molecule has 1 aromatic carbocycles. The number of benzene rings is 1. The molecule has 2 aromatic rings. The first-order chi connectivity index (χ1) is 10.6. The molecule has 0 amide bonds. The summed E-state index contributed by atoms with van der Waals surface area (Å²) in [6.45, 7) is 3.32. The van der Waals surface area contributed by atoms with E-state index in [2.05, 4.69) is 4.90 Å². The van der Waals surface area contributed by atoms with Gasteiger partial charge in [0.25, 0.3) is 0 Å². The number of nitrogens with zero attached hydrogens (tertiary/aromatic N) is 1. The van der Waals surface area contributed by atoms with Crippen LogP contribution in [0.2, 0.25) is 0 Å². The van der Waals surface area contributed by atoms with Gasteiger partial charge in [0.2, 0.25) is 0 Å². The maximum absolute atomic E-state index is 13.8. The van der Waals surface area contributed by atoms with E-state index < -0.39 is 11.6 Å². The Morgan fingerprint density at radius 3 is 2.68 bits per heavy atom. The van der Waals surface area contributed by atoms with Crippen LogP contribution in [0.1, 0.15) is 28.9 Å². The number of thiophene rings is 1. The lowest BCUT2D eigenvalue weighted by atomic mass is 9.76. The molecule has 1 aromatic heterocycles. The molecule has 3 aliphatic rings. The molecular formula is C17H17F2NOS. The molecule has 2 bridgehead atoms. The lowest BCUT2D eigenvalue weighted by Gasteiger charge is -2.44. The highest BCUT2D eigenvalue weighted by molar-refractivity contribution is 7.20. The van der Waals surface area contributed by atoms with Crippen molar-refractivity contribution in [1.82, 2.24) is 4.90 Å². The molecule has 0 spiro atoms. The molecule has 0 saturated carbocycles. The van der Waals surface area contributed by atoms with E-state index >= 15 is 0 Å². The van der Waals surface area contributed by atoms with Gasteiger partial charge in [-0.25, -0.2) is 8.78 Å². The van der Waals surface area contributed by atoms with Gasteiger partial charge in [-0.05, 0) is 55.3 Å². The number of piperidine rings is 3. The lowest BCUT2D eigenvalue weighted by molar-refractivity contribution is 0.0442. The van der Waals surface area contributed by atoms with Gasteiger partial charge in [-0.2, -0.15) is 0 Å². The van der Waals surface area contributed by atoms with Crippen molar-refractivity contribution in [3.05, 3.63) is 34.7 Å². The quantitative estimate of drug-likeness (QED) is 0.794. The molecule has 4 heterocycles. The molecule has 5 heteroatoms. The van der Waals surface area contributed by atoms with Crippen LogP contribution in [0.15, 0.2) is 18.2 Å². The van der Waals surface area contributed by atoms with Gasteiger partial charge in [-0.1, -0.05) is 0 Å². The number of halogens is 2. The van der Waals surface area contributed by atoms with Crippen LogP contribution in [0, 0.1) is 23.5 Å². The van der Waals surface area contributed by atoms with Crippen molar-refractivity contribution in [3.63, 3.8) is 0 Å². The van der Waals surface area contributed by atoms with E-state index in [9.17, 15) is 13.6 Å². The second-order valence-electron chi connectivity index (χ2n) is 6.44. The van der Waals surface area contributed by atoms with Crippen LogP contribution < -0.4 is 0 Å². The summed E-state index contributed by atoms with van der Waals surface area (Å²) in [7, 11) is 0. The predicted octanol–water partition coefficient (Wildman–Crippen LogP) is 4.09. The summed E-state index contributed by atoms with van der Waals surface area (Å²) in [6, 6.07) is 3.80. The Morgan fingerprint density at radius 2 is 2.00 bits per heavy atom. The Labute approximate surface area is 131 Å². The number of rotatable bonds is 3. The maximum Gasteiger partial charge on any atom is 0.173 e. The molecule has 22 heavy (non-hydrogen) atoms. The molecule has 0 N–H and O–H groups in total. The summed E-state index contributed by atoms with van der Waals surface area (Å²) in [5, 5.41) is 0.486. The first kappa shape index (κ1) is 14.3. The summed E-state index contributed by atoms with van der Waals surface area (Å²) < 4.78 is 27.4. The Morgan fingerprint density at radius 1 is 1.23 bits per heavy atom. The third-order valence-electron chi connectivity index (χ3n) is 5.05. The van der Waals surface area contributed by atoms with E-state index in [1.165, 1.54) is 18.9 Å². The molecule has 0 aliphatic carbocycles. The molecule has 3 saturated heterocycles. The average molecular weight is 321 g/mol. The summed E-state index contributed by atoms with van der Waals surface area (Å²) in [5.41, 5.74) is 0. The Hall–Kier alpha value is -1.33. The van der Waals surface area contributed by atoms with Crippen molar-refractivity contribution >= 4 is 27.2 Å². The van der Waals surface area contributed by atoms with Gasteiger partial charge in [0, 0.05) is 19.0 Å². The third-order valence-corrected chi connectivity index (χ3v) is 6.25. The molecule has 1 atom stereocenters. The number of carbonyl (C=O) groups excluding carboxylic acids is 1. The van der Waals surface area contributed by atoms with Crippen LogP contribution in [-0.4, -0.2) is 30.3 Å². The highest BCUT2D eigenvalue weighted by Gasteiger charge is 2.35. The Bertz CT molecular complexity index is 734. The number of fused-ring (bicyclic) bond motifs is 4. The fraction of sp³-hybridized carbons (Fsp3) is 0.471. The van der Waals surface area contributed by atoms with Crippen molar-refractivity contribution in [3.8, 4) is 0 Å². The summed E-state index contributed by atoms with van der Waals surface area (Å²) >= 11 is 1.14. The van der Waals surface area contributed by atoms with Crippen molar-refractivity contribution in [1.29, 1.82) is 0 Å². The van der Waals surface area contributed by atoms with Crippen molar-refractivity contribution in [2.24, 2.45) is 11.8 Å². The Balaban J connectivity index is 1.56. The molecular weight excluding hydrogens is 304 g/mol. The minimum Gasteiger partial charge on any atom is -0.303 e. The fourth-order valence-electron chi connectivity index (χ4n) is 3.87. The molecule has 116 valence electrons. The van der Waals surface area contributed by atoms with Gasteiger partial charge in [-0.3, -0.25) is 4.79 Å². The SMILES string of the molecule is O=C(C[C@H]1CN2CCC1CC2)c1cc2cc(F)cc(F)c2s1. The topological polar surface area (TPSA) is 20.3 Å². The van der Waals surface area contributed by atoms with Crippen LogP contribution in [0.4, 0.5) is 8.78 Å². The standard InChI is InChI=1S/C17H17F2NOS/c18-13-5-11-7-16(22-17(11)14(19)8-13)15(21)6-12-9-20-3-1-10(12)2-4-20/h5,7-8,10,12H,1-4,6,9H2/t12-/m0/s1. The zero-order valence-corrected chi connectivity index (χ0v) is 13.0. The normalized spacial score (nSPS) is 27.5. The number of hydrogen-bond acceptors (Lipinski definition) is 3. The number of ketones is 1. The van der Waals surface area contributed by atoms with Crippen molar-refractivity contribution in [2.45, 2.75) is 19.3 Å². The van der Waals surface area contributed by atoms with E-state index in [4.69, 9.17) is 0 Å². The van der Waals surface area contributed by atoms with Crippen LogP contribution in [0.3, 0.4) is 0 Å². The largest absolute Gasteiger partial charge is 0.303 e. The third kappa shape index (κ3) is 2.46. The van der Waals surface area contributed by atoms with Crippen LogP contribution in [-0.2, 0) is 0 Å². The highest BCUT2D eigenvalue weighted by atomic mass is 32.1. The van der Waals surface area contributed by atoms with Gasteiger partial charge >= 0.3 is 0 Å². The fourth-order valence-corrected chi connectivity index (χ4v) is 4.87. The van der Waals surface area contributed by atoms with E-state index in [0.717, 1.165) is 37.0 Å². The second kappa shape index (κ2) is 5.39. The van der Waals surface area contributed by atoms with Crippen molar-refractivity contribution in [2.75, 3.05) is 19.6 Å². The van der Waals surface area contributed by atoms with E-state index in [1.807, 2.05) is 0 Å². The number of carbonyl (C=O) groups is 1. The molecule has 0 unspecified atom stereocenters. The summed E-state index contributed by atoms with van der Waals surface area (Å²) in [6.07, 6.45) is 2.90. The van der Waals surface area contributed by atoms with Gasteiger partial charge in [0.1, 0.15) is 11.6 Å². The monoisotopic (exact) mass is 321 g/mol. The molecule has 3 fully saturated rings. The van der Waals surface area contributed by atoms with Crippen LogP contribution in [0.25, 0.3) is 10.1 Å². The van der Waals surface area contributed by atoms with Crippen LogP contribution >= 0.6 is 11.3 Å². The van der Waals surface area contributed by atoms with E-state index in [1.54, 1.807) is 6.07 Å². The summed E-state index contributed by atoms with van der Waals surface area (Å²) in [4.78, 5) is 15.5. The van der Waals surface area contributed by atoms with Crippen LogP contribution in [0.5, 0.6) is 0 Å². The first-order valence-electron chi connectivity index (χ1n) is 7.74. The minimum absolute atomic E-state index is 0.0692. The minimum atomic E-state index is -0.598. The lowest BCUT2D eigenvalue weighted by Crippen LogP contribution is -2.47. The molecule has 0 radical (unpaired) electrons. The highest BCUT2D eigenvalue weighted by Crippen LogP contribution is 2.36. The predicted molar refractivity (Wildman–Crippen MR) is 83.3 cm³/mol. The summed E-state index contributed by atoms with van der Waals surface area (Å²) in [5.74, 6) is -0.0415. The zero-order chi connectivity index (χ0) is 15.3. The first-order valence-corrected chi connectivity index (χ1v) is 8.56. The van der Waals surface area contributed by atoms with Gasteiger partial charge in [-0.15, -0.1) is 11.3 Å². The molecule has 5 rings (SSSR count). The van der Waals surface area contributed by atoms with E-state index in [-0.39, 0.29) is 5.78 Å².